The molecule has 1 aromatic carbocycles. The van der Waals surface area contributed by atoms with Crippen molar-refractivity contribution in [1.82, 2.24) is 15.3 Å². The number of carbonyl (C=O) groups excluding carboxylic acids is 1. The van der Waals surface area contributed by atoms with Crippen molar-refractivity contribution in [3.8, 4) is 0 Å². The van der Waals surface area contributed by atoms with E-state index in [4.69, 9.17) is 0 Å². The third-order valence-corrected chi connectivity index (χ3v) is 2.76. The maximum atomic E-state index is 12.0. The molecule has 1 heterocycles. The molecule has 20 heavy (non-hydrogen) atoms. The van der Waals surface area contributed by atoms with E-state index in [1.165, 1.54) is 18.7 Å². The van der Waals surface area contributed by atoms with Gasteiger partial charge in [-0.3, -0.25) is 4.79 Å². The Morgan fingerprint density at radius 2 is 2.05 bits per heavy atom. The van der Waals surface area contributed by atoms with Crippen molar-refractivity contribution in [2.75, 3.05) is 11.9 Å². The van der Waals surface area contributed by atoms with Crippen LogP contribution in [0.5, 0.6) is 0 Å². The van der Waals surface area contributed by atoms with E-state index in [9.17, 15) is 4.79 Å². The van der Waals surface area contributed by atoms with E-state index < -0.39 is 0 Å². The van der Waals surface area contributed by atoms with Gasteiger partial charge in [-0.25, -0.2) is 9.97 Å². The van der Waals surface area contributed by atoms with E-state index in [1.807, 2.05) is 24.3 Å². The quantitative estimate of drug-likeness (QED) is 0.790. The molecule has 0 aliphatic rings. The summed E-state index contributed by atoms with van der Waals surface area (Å²) in [5.41, 5.74) is 2.36. The van der Waals surface area contributed by atoms with Gasteiger partial charge in [-0.15, -0.1) is 0 Å². The van der Waals surface area contributed by atoms with Crippen LogP contribution in [0.1, 0.15) is 29.3 Å². The molecule has 2 N–H and O–H groups in total. The highest BCUT2D eigenvalue weighted by molar-refractivity contribution is 6.03. The highest BCUT2D eigenvalue weighted by Gasteiger charge is 2.06. The van der Waals surface area contributed by atoms with E-state index in [-0.39, 0.29) is 5.91 Å². The van der Waals surface area contributed by atoms with Gasteiger partial charge in [-0.05, 0) is 30.7 Å². The molecule has 0 fully saturated rings. The fourth-order valence-corrected chi connectivity index (χ4v) is 1.79. The molecular formula is C15H18N4O. The Labute approximate surface area is 118 Å². The van der Waals surface area contributed by atoms with Crippen molar-refractivity contribution in [3.05, 3.63) is 54.1 Å². The zero-order valence-electron chi connectivity index (χ0n) is 11.5. The monoisotopic (exact) mass is 270 g/mol. The summed E-state index contributed by atoms with van der Waals surface area (Å²) in [4.78, 5) is 19.6. The number of nitrogens with zero attached hydrogens (tertiary/aromatic N) is 2. The van der Waals surface area contributed by atoms with Crippen LogP contribution < -0.4 is 10.6 Å². The summed E-state index contributed by atoms with van der Waals surface area (Å²) < 4.78 is 0. The van der Waals surface area contributed by atoms with Crippen LogP contribution in [-0.4, -0.2) is 22.4 Å². The summed E-state index contributed by atoms with van der Waals surface area (Å²) >= 11 is 0. The summed E-state index contributed by atoms with van der Waals surface area (Å²) in [7, 11) is 0. The van der Waals surface area contributed by atoms with E-state index in [2.05, 4.69) is 27.5 Å². The molecule has 0 saturated carbocycles. The Hall–Kier alpha value is -2.27. The van der Waals surface area contributed by atoms with Gasteiger partial charge in [0.05, 0.1) is 5.56 Å². The third kappa shape index (κ3) is 4.13. The van der Waals surface area contributed by atoms with Gasteiger partial charge in [-0.2, -0.15) is 0 Å². The molecule has 5 heteroatoms. The number of nitrogens with one attached hydrogen (secondary N) is 2. The van der Waals surface area contributed by atoms with E-state index in [0.29, 0.717) is 5.56 Å². The molecule has 5 nitrogen and oxygen atoms in total. The van der Waals surface area contributed by atoms with Crippen molar-refractivity contribution in [2.24, 2.45) is 0 Å². The second-order valence-corrected chi connectivity index (χ2v) is 4.46. The smallest absolute Gasteiger partial charge is 0.258 e. The first kappa shape index (κ1) is 14.1. The first-order chi connectivity index (χ1) is 9.79. The molecule has 0 bridgehead atoms. The summed E-state index contributed by atoms with van der Waals surface area (Å²) in [6.07, 6.45) is 5.49. The fourth-order valence-electron chi connectivity index (χ4n) is 1.79. The number of amides is 1. The first-order valence-corrected chi connectivity index (χ1v) is 6.65. The summed E-state index contributed by atoms with van der Waals surface area (Å²) in [5.74, 6) is -0.204. The third-order valence-electron chi connectivity index (χ3n) is 2.76. The minimum atomic E-state index is -0.204. The van der Waals surface area contributed by atoms with E-state index >= 15 is 0 Å². The first-order valence-electron chi connectivity index (χ1n) is 6.65. The highest BCUT2D eigenvalue weighted by Crippen LogP contribution is 2.11. The number of anilines is 1. The van der Waals surface area contributed by atoms with Gasteiger partial charge in [-0.1, -0.05) is 19.1 Å². The molecule has 0 radical (unpaired) electrons. The van der Waals surface area contributed by atoms with Crippen LogP contribution in [0.15, 0.2) is 43.0 Å². The molecular weight excluding hydrogens is 252 g/mol. The maximum absolute atomic E-state index is 12.0. The molecule has 104 valence electrons. The Morgan fingerprint density at radius 3 is 2.80 bits per heavy atom. The lowest BCUT2D eigenvalue weighted by Gasteiger charge is -2.08. The van der Waals surface area contributed by atoms with Crippen LogP contribution in [-0.2, 0) is 6.54 Å². The van der Waals surface area contributed by atoms with Crippen LogP contribution in [0, 0.1) is 0 Å². The van der Waals surface area contributed by atoms with Crippen molar-refractivity contribution in [3.63, 3.8) is 0 Å². The van der Waals surface area contributed by atoms with Crippen LogP contribution in [0.3, 0.4) is 0 Å². The number of rotatable bonds is 6. The van der Waals surface area contributed by atoms with Gasteiger partial charge >= 0.3 is 0 Å². The molecule has 0 atom stereocenters. The molecule has 0 unspecified atom stereocenters. The van der Waals surface area contributed by atoms with Gasteiger partial charge in [0.15, 0.2) is 0 Å². The van der Waals surface area contributed by atoms with Crippen LogP contribution in [0.25, 0.3) is 0 Å². The maximum Gasteiger partial charge on any atom is 0.258 e. The van der Waals surface area contributed by atoms with Crippen LogP contribution in [0.4, 0.5) is 5.69 Å². The Balaban J connectivity index is 1.99. The van der Waals surface area contributed by atoms with Crippen LogP contribution in [0.2, 0.25) is 0 Å². The molecule has 1 aromatic heterocycles. The molecule has 2 rings (SSSR count). The Morgan fingerprint density at radius 1 is 1.25 bits per heavy atom. The number of benzene rings is 1. The van der Waals surface area contributed by atoms with Gasteiger partial charge in [0.25, 0.3) is 5.91 Å². The number of hydrogen-bond acceptors (Lipinski definition) is 4. The lowest BCUT2D eigenvalue weighted by atomic mass is 10.2. The molecule has 2 aromatic rings. The molecule has 0 spiro atoms. The second-order valence-electron chi connectivity index (χ2n) is 4.46. The zero-order valence-corrected chi connectivity index (χ0v) is 11.5. The zero-order chi connectivity index (χ0) is 14.2. The van der Waals surface area contributed by atoms with Crippen molar-refractivity contribution in [1.29, 1.82) is 0 Å². The average Bonchev–Trinajstić information content (AvgIpc) is 2.49. The van der Waals surface area contributed by atoms with Crippen LogP contribution >= 0.6 is 0 Å². The number of hydrogen-bond donors (Lipinski definition) is 2. The highest BCUT2D eigenvalue weighted by atomic mass is 16.1. The predicted octanol–water partition coefficient (Wildman–Crippen LogP) is 2.23. The molecule has 1 amide bonds. The lowest BCUT2D eigenvalue weighted by Crippen LogP contribution is -2.15. The van der Waals surface area contributed by atoms with E-state index in [0.717, 1.165) is 30.8 Å². The SMILES string of the molecule is CCCNCc1cccc(NC(=O)c2cncnc2)c1. The molecule has 0 saturated heterocycles. The average molecular weight is 270 g/mol. The van der Waals surface area contributed by atoms with E-state index in [1.54, 1.807) is 0 Å². The number of carbonyl (C=O) groups is 1. The summed E-state index contributed by atoms with van der Waals surface area (Å²) in [6, 6.07) is 7.79. The van der Waals surface area contributed by atoms with Gasteiger partial charge in [0.1, 0.15) is 6.33 Å². The Kier molecular flexibility index (Phi) is 5.20. The normalized spacial score (nSPS) is 10.2. The fraction of sp³-hybridized carbons (Fsp3) is 0.267. The Bertz CT molecular complexity index is 557. The van der Waals surface area contributed by atoms with Gasteiger partial charge in [0.2, 0.25) is 0 Å². The summed E-state index contributed by atoms with van der Waals surface area (Å²) in [6.45, 7) is 3.91. The predicted molar refractivity (Wildman–Crippen MR) is 78.4 cm³/mol. The number of aromatic nitrogens is 2. The topological polar surface area (TPSA) is 66.9 Å². The second kappa shape index (κ2) is 7.35. The largest absolute Gasteiger partial charge is 0.322 e. The van der Waals surface area contributed by atoms with Crippen molar-refractivity contribution < 1.29 is 4.79 Å². The van der Waals surface area contributed by atoms with Crippen molar-refractivity contribution >= 4 is 11.6 Å². The summed E-state index contributed by atoms with van der Waals surface area (Å²) in [5, 5.41) is 6.17. The minimum Gasteiger partial charge on any atom is -0.322 e. The van der Waals surface area contributed by atoms with Crippen molar-refractivity contribution in [2.45, 2.75) is 19.9 Å². The van der Waals surface area contributed by atoms with Gasteiger partial charge in [0, 0.05) is 24.6 Å². The lowest BCUT2D eigenvalue weighted by molar-refractivity contribution is 0.102. The molecule has 0 aliphatic heterocycles. The minimum absolute atomic E-state index is 0.204. The standard InChI is InChI=1S/C15H18N4O/c1-2-6-16-8-12-4-3-5-14(7-12)19-15(20)13-9-17-11-18-10-13/h3-5,7,9-11,16H,2,6,8H2,1H3,(H,19,20). The van der Waals surface area contributed by atoms with Gasteiger partial charge < -0.3 is 10.6 Å². The molecule has 0 aliphatic carbocycles.